The number of hydrogen-bond acceptors (Lipinski definition) is 2. The minimum atomic E-state index is -0.874. The zero-order valence-corrected chi connectivity index (χ0v) is 8.58. The lowest BCUT2D eigenvalue weighted by atomic mass is 9.99. The van der Waals surface area contributed by atoms with E-state index < -0.39 is 23.8 Å². The maximum absolute atomic E-state index is 13.3. The number of hydrogen-bond donors (Lipinski definition) is 2. The SMILES string of the molecule is CCC[C@@H](O)[C@@H](N)c1cc(F)ccc1F. The van der Waals surface area contributed by atoms with E-state index in [1.54, 1.807) is 0 Å². The van der Waals surface area contributed by atoms with Crippen LogP contribution in [0.15, 0.2) is 18.2 Å². The Morgan fingerprint density at radius 2 is 2.07 bits per heavy atom. The van der Waals surface area contributed by atoms with Gasteiger partial charge in [-0.3, -0.25) is 0 Å². The van der Waals surface area contributed by atoms with Crippen molar-refractivity contribution in [3.8, 4) is 0 Å². The van der Waals surface area contributed by atoms with Crippen LogP contribution in [0.2, 0.25) is 0 Å². The van der Waals surface area contributed by atoms with Crippen molar-refractivity contribution in [1.29, 1.82) is 0 Å². The van der Waals surface area contributed by atoms with Crippen LogP contribution in [0.4, 0.5) is 8.78 Å². The topological polar surface area (TPSA) is 46.2 Å². The van der Waals surface area contributed by atoms with Crippen LogP contribution < -0.4 is 5.73 Å². The summed E-state index contributed by atoms with van der Waals surface area (Å²) in [5, 5.41) is 9.57. The number of rotatable bonds is 4. The molecule has 15 heavy (non-hydrogen) atoms. The Kier molecular flexibility index (Phi) is 4.17. The summed E-state index contributed by atoms with van der Waals surface area (Å²) in [6.07, 6.45) is 0.370. The average molecular weight is 215 g/mol. The van der Waals surface area contributed by atoms with Crippen LogP contribution in [0.25, 0.3) is 0 Å². The molecule has 2 atom stereocenters. The Morgan fingerprint density at radius 1 is 1.40 bits per heavy atom. The second-order valence-corrected chi connectivity index (χ2v) is 3.55. The third-order valence-electron chi connectivity index (χ3n) is 2.32. The first-order valence-corrected chi connectivity index (χ1v) is 4.94. The zero-order valence-electron chi connectivity index (χ0n) is 8.58. The molecule has 0 bridgehead atoms. The standard InChI is InChI=1S/C11H15F2NO/c1-2-3-10(15)11(14)8-6-7(12)4-5-9(8)13/h4-6,10-11,15H,2-3,14H2,1H3/t10-,11+/m1/s1. The van der Waals surface area contributed by atoms with Gasteiger partial charge in [0.25, 0.3) is 0 Å². The number of nitrogens with two attached hydrogens (primary N) is 1. The van der Waals surface area contributed by atoms with E-state index in [1.807, 2.05) is 6.92 Å². The number of halogens is 2. The smallest absolute Gasteiger partial charge is 0.128 e. The van der Waals surface area contributed by atoms with Gasteiger partial charge in [0.15, 0.2) is 0 Å². The third-order valence-corrected chi connectivity index (χ3v) is 2.32. The van der Waals surface area contributed by atoms with E-state index in [1.165, 1.54) is 0 Å². The van der Waals surface area contributed by atoms with Crippen molar-refractivity contribution in [3.63, 3.8) is 0 Å². The molecule has 0 saturated carbocycles. The van der Waals surface area contributed by atoms with Crippen LogP contribution in [-0.2, 0) is 0 Å². The summed E-state index contributed by atoms with van der Waals surface area (Å²) >= 11 is 0. The fraction of sp³-hybridized carbons (Fsp3) is 0.455. The Labute approximate surface area is 87.7 Å². The van der Waals surface area contributed by atoms with Gasteiger partial charge in [0.05, 0.1) is 12.1 Å². The molecule has 2 nitrogen and oxygen atoms in total. The minimum absolute atomic E-state index is 0.0240. The predicted molar refractivity (Wildman–Crippen MR) is 54.2 cm³/mol. The Balaban J connectivity index is 2.89. The second kappa shape index (κ2) is 5.19. The van der Waals surface area contributed by atoms with Gasteiger partial charge >= 0.3 is 0 Å². The fourth-order valence-electron chi connectivity index (χ4n) is 1.45. The molecule has 0 heterocycles. The molecule has 0 aromatic heterocycles. The van der Waals surface area contributed by atoms with Crippen molar-refractivity contribution in [3.05, 3.63) is 35.4 Å². The van der Waals surface area contributed by atoms with Gasteiger partial charge in [-0.05, 0) is 24.6 Å². The van der Waals surface area contributed by atoms with Gasteiger partial charge in [0.2, 0.25) is 0 Å². The second-order valence-electron chi connectivity index (χ2n) is 3.55. The summed E-state index contributed by atoms with van der Waals surface area (Å²) in [5.41, 5.74) is 5.66. The molecule has 1 aromatic carbocycles. The largest absolute Gasteiger partial charge is 0.391 e. The van der Waals surface area contributed by atoms with Crippen molar-refractivity contribution in [2.24, 2.45) is 5.73 Å². The molecular weight excluding hydrogens is 200 g/mol. The van der Waals surface area contributed by atoms with Crippen molar-refractivity contribution in [1.82, 2.24) is 0 Å². The first-order chi connectivity index (χ1) is 7.06. The predicted octanol–water partition coefficient (Wildman–Crippen LogP) is 2.13. The summed E-state index contributed by atoms with van der Waals surface area (Å²) in [6.45, 7) is 1.89. The average Bonchev–Trinajstić information content (AvgIpc) is 2.21. The summed E-state index contributed by atoms with van der Waals surface area (Å²) in [4.78, 5) is 0. The highest BCUT2D eigenvalue weighted by molar-refractivity contribution is 5.22. The molecule has 4 heteroatoms. The van der Waals surface area contributed by atoms with E-state index in [4.69, 9.17) is 5.73 Å². The molecule has 0 aliphatic heterocycles. The maximum atomic E-state index is 13.3. The molecule has 3 N–H and O–H groups in total. The molecule has 0 aliphatic carbocycles. The van der Waals surface area contributed by atoms with Gasteiger partial charge in [0, 0.05) is 5.56 Å². The van der Waals surface area contributed by atoms with Crippen LogP contribution in [0.5, 0.6) is 0 Å². The highest BCUT2D eigenvalue weighted by Gasteiger charge is 2.19. The monoisotopic (exact) mass is 215 g/mol. The maximum Gasteiger partial charge on any atom is 0.128 e. The van der Waals surface area contributed by atoms with Gasteiger partial charge in [-0.15, -0.1) is 0 Å². The van der Waals surface area contributed by atoms with E-state index in [9.17, 15) is 13.9 Å². The van der Waals surface area contributed by atoms with E-state index in [0.717, 1.165) is 24.6 Å². The van der Waals surface area contributed by atoms with Gasteiger partial charge in [-0.2, -0.15) is 0 Å². The Hall–Kier alpha value is -1.00. The molecule has 0 amide bonds. The van der Waals surface area contributed by atoms with Crippen LogP contribution >= 0.6 is 0 Å². The van der Waals surface area contributed by atoms with E-state index in [0.29, 0.717) is 6.42 Å². The number of benzene rings is 1. The lowest BCUT2D eigenvalue weighted by molar-refractivity contribution is 0.132. The summed E-state index contributed by atoms with van der Waals surface area (Å²) in [7, 11) is 0. The van der Waals surface area contributed by atoms with Crippen LogP contribution in [0.1, 0.15) is 31.4 Å². The molecule has 0 fully saturated rings. The summed E-state index contributed by atoms with van der Waals surface area (Å²) in [5.74, 6) is -1.13. The quantitative estimate of drug-likeness (QED) is 0.808. The number of aliphatic hydroxyl groups is 1. The van der Waals surface area contributed by atoms with Crippen LogP contribution in [-0.4, -0.2) is 11.2 Å². The van der Waals surface area contributed by atoms with E-state index >= 15 is 0 Å². The van der Waals surface area contributed by atoms with Gasteiger partial charge in [0.1, 0.15) is 11.6 Å². The van der Waals surface area contributed by atoms with Crippen LogP contribution in [0, 0.1) is 11.6 Å². The number of aliphatic hydroxyl groups excluding tert-OH is 1. The molecule has 1 aromatic rings. The third kappa shape index (κ3) is 2.97. The van der Waals surface area contributed by atoms with E-state index in [2.05, 4.69) is 0 Å². The normalized spacial score (nSPS) is 15.0. The van der Waals surface area contributed by atoms with Gasteiger partial charge in [-0.25, -0.2) is 8.78 Å². The Morgan fingerprint density at radius 3 is 2.67 bits per heavy atom. The fourth-order valence-corrected chi connectivity index (χ4v) is 1.45. The molecule has 0 unspecified atom stereocenters. The first kappa shape index (κ1) is 12.1. The van der Waals surface area contributed by atoms with Gasteiger partial charge in [-0.1, -0.05) is 13.3 Å². The summed E-state index contributed by atoms with van der Waals surface area (Å²) in [6, 6.07) is 2.19. The van der Waals surface area contributed by atoms with E-state index in [-0.39, 0.29) is 5.56 Å². The lowest BCUT2D eigenvalue weighted by Gasteiger charge is -2.19. The zero-order chi connectivity index (χ0) is 11.4. The molecule has 0 aliphatic rings. The highest BCUT2D eigenvalue weighted by Crippen LogP contribution is 2.21. The van der Waals surface area contributed by atoms with Crippen molar-refractivity contribution < 1.29 is 13.9 Å². The van der Waals surface area contributed by atoms with Crippen molar-refractivity contribution in [2.75, 3.05) is 0 Å². The highest BCUT2D eigenvalue weighted by atomic mass is 19.1. The minimum Gasteiger partial charge on any atom is -0.391 e. The molecule has 0 radical (unpaired) electrons. The molecule has 84 valence electrons. The lowest BCUT2D eigenvalue weighted by Crippen LogP contribution is -2.27. The van der Waals surface area contributed by atoms with Crippen molar-refractivity contribution >= 4 is 0 Å². The Bertz CT molecular complexity index is 330. The molecular formula is C11H15F2NO. The summed E-state index contributed by atoms with van der Waals surface area (Å²) < 4.78 is 26.1. The first-order valence-electron chi connectivity index (χ1n) is 4.94. The van der Waals surface area contributed by atoms with Gasteiger partial charge < -0.3 is 10.8 Å². The molecule has 0 saturated heterocycles. The van der Waals surface area contributed by atoms with Crippen molar-refractivity contribution in [2.45, 2.75) is 31.9 Å². The molecule has 0 spiro atoms. The van der Waals surface area contributed by atoms with Crippen LogP contribution in [0.3, 0.4) is 0 Å². The molecule has 1 rings (SSSR count).